The zero-order valence-corrected chi connectivity index (χ0v) is 21.6. The van der Waals surface area contributed by atoms with Gasteiger partial charge in [-0.15, -0.1) is 0 Å². The van der Waals surface area contributed by atoms with Crippen LogP contribution in [0, 0.1) is 5.92 Å². The van der Waals surface area contributed by atoms with E-state index in [1.54, 1.807) is 29.2 Å². The largest absolute Gasteiger partial charge is 0.481 e. The second-order valence-corrected chi connectivity index (χ2v) is 11.1. The molecule has 0 aliphatic carbocycles. The summed E-state index contributed by atoms with van der Waals surface area (Å²) in [4.78, 5) is 20.9. The molecule has 8 nitrogen and oxygen atoms in total. The van der Waals surface area contributed by atoms with Gasteiger partial charge in [-0.25, -0.2) is 18.4 Å². The second-order valence-electron chi connectivity index (χ2n) is 9.43. The van der Waals surface area contributed by atoms with Gasteiger partial charge >= 0.3 is 12.1 Å². The van der Waals surface area contributed by atoms with Crippen LogP contribution >= 0.6 is 0 Å². The van der Waals surface area contributed by atoms with Crippen LogP contribution in [0.5, 0.6) is 0 Å². The minimum atomic E-state index is -4.70. The third-order valence-corrected chi connectivity index (χ3v) is 7.80. The van der Waals surface area contributed by atoms with Crippen LogP contribution in [0.3, 0.4) is 0 Å². The molecule has 0 bridgehead atoms. The van der Waals surface area contributed by atoms with Gasteiger partial charge in [-0.3, -0.25) is 9.52 Å². The number of aromatic nitrogens is 2. The number of carboxylic acids is 1. The standard InChI is InChI=1S/C26H27F3N4O4S/c1-16(2)19-7-3-4-8-20(19)21-13-23(31-14-22(21)26(27,28)29)32-38(36,37)18-9-10-30-24(12-18)33-11-5-6-17(15-33)25(34)35/h3-4,7-10,12-14,16-17H,5-6,11,15H2,1-2H3,(H,31,32)(H,34,35)/t17-/m0/s1. The van der Waals surface area contributed by atoms with Gasteiger partial charge in [-0.2, -0.15) is 13.2 Å². The Morgan fingerprint density at radius 2 is 1.87 bits per heavy atom. The molecule has 0 unspecified atom stereocenters. The Labute approximate surface area is 218 Å². The number of hydrogen-bond donors (Lipinski definition) is 2. The van der Waals surface area contributed by atoms with Crippen molar-refractivity contribution in [3.05, 3.63) is 66.0 Å². The molecule has 1 aromatic carbocycles. The number of hydrogen-bond acceptors (Lipinski definition) is 6. The lowest BCUT2D eigenvalue weighted by Gasteiger charge is -2.31. The Morgan fingerprint density at radius 3 is 2.55 bits per heavy atom. The summed E-state index contributed by atoms with van der Waals surface area (Å²) in [6.45, 7) is 4.43. The van der Waals surface area contributed by atoms with Crippen LogP contribution in [0.2, 0.25) is 0 Å². The van der Waals surface area contributed by atoms with E-state index in [1.165, 1.54) is 18.3 Å². The number of pyridine rings is 2. The Bertz CT molecular complexity index is 1440. The van der Waals surface area contributed by atoms with Crippen LogP contribution < -0.4 is 9.62 Å². The van der Waals surface area contributed by atoms with E-state index in [-0.39, 0.29) is 28.7 Å². The van der Waals surface area contributed by atoms with Crippen molar-refractivity contribution in [2.24, 2.45) is 5.92 Å². The van der Waals surface area contributed by atoms with E-state index in [2.05, 4.69) is 14.7 Å². The number of nitrogens with one attached hydrogen (secondary N) is 1. The molecule has 38 heavy (non-hydrogen) atoms. The molecule has 1 fully saturated rings. The Hall–Kier alpha value is -3.67. The predicted octanol–water partition coefficient (Wildman–Crippen LogP) is 5.39. The smallest absolute Gasteiger partial charge is 0.418 e. The molecular formula is C26H27F3N4O4S. The number of piperidine rings is 1. The number of rotatable bonds is 7. The van der Waals surface area contributed by atoms with E-state index in [9.17, 15) is 31.5 Å². The van der Waals surface area contributed by atoms with Crippen molar-refractivity contribution in [2.45, 2.75) is 43.7 Å². The van der Waals surface area contributed by atoms with Crippen molar-refractivity contribution in [3.8, 4) is 11.1 Å². The second kappa shape index (κ2) is 10.6. The van der Waals surface area contributed by atoms with Crippen LogP contribution in [-0.2, 0) is 21.0 Å². The van der Waals surface area contributed by atoms with Crippen molar-refractivity contribution in [1.82, 2.24) is 9.97 Å². The number of benzene rings is 1. The number of carboxylic acid groups (broad SMARTS) is 1. The average molecular weight is 549 g/mol. The number of nitrogens with zero attached hydrogens (tertiary/aromatic N) is 3. The number of alkyl halides is 3. The van der Waals surface area contributed by atoms with Crippen LogP contribution in [-0.4, -0.2) is 42.6 Å². The summed E-state index contributed by atoms with van der Waals surface area (Å²) < 4.78 is 70.3. The lowest BCUT2D eigenvalue weighted by atomic mass is 9.91. The highest BCUT2D eigenvalue weighted by Crippen LogP contribution is 2.40. The molecule has 1 aliphatic heterocycles. The summed E-state index contributed by atoms with van der Waals surface area (Å²) in [7, 11) is -4.25. The molecule has 2 aromatic heterocycles. The third-order valence-electron chi connectivity index (χ3n) is 6.44. The molecule has 0 spiro atoms. The topological polar surface area (TPSA) is 112 Å². The maximum atomic E-state index is 13.9. The highest BCUT2D eigenvalue weighted by atomic mass is 32.2. The average Bonchev–Trinajstić information content (AvgIpc) is 2.88. The van der Waals surface area contributed by atoms with E-state index in [1.807, 2.05) is 13.8 Å². The van der Waals surface area contributed by atoms with Crippen molar-refractivity contribution < 1.29 is 31.5 Å². The van der Waals surface area contributed by atoms with E-state index in [4.69, 9.17) is 0 Å². The first-order valence-corrected chi connectivity index (χ1v) is 13.5. The highest BCUT2D eigenvalue weighted by Gasteiger charge is 2.35. The molecule has 1 aliphatic rings. The fourth-order valence-corrected chi connectivity index (χ4v) is 5.53. The summed E-state index contributed by atoms with van der Waals surface area (Å²) in [6, 6.07) is 10.3. The maximum Gasteiger partial charge on any atom is 0.418 e. The Morgan fingerprint density at radius 1 is 1.13 bits per heavy atom. The molecule has 0 amide bonds. The van der Waals surface area contributed by atoms with Crippen LogP contribution in [0.15, 0.2) is 59.8 Å². The zero-order valence-electron chi connectivity index (χ0n) is 20.7. The summed E-state index contributed by atoms with van der Waals surface area (Å²) in [5.41, 5.74) is -0.143. The quantitative estimate of drug-likeness (QED) is 0.407. The summed E-state index contributed by atoms with van der Waals surface area (Å²) in [6.07, 6.45) is -1.65. The molecule has 202 valence electrons. The number of aliphatic carboxylic acids is 1. The molecule has 2 N–H and O–H groups in total. The first-order valence-electron chi connectivity index (χ1n) is 12.0. The first-order chi connectivity index (χ1) is 17.9. The van der Waals surface area contributed by atoms with Gasteiger partial charge < -0.3 is 10.0 Å². The third kappa shape index (κ3) is 5.90. The molecule has 3 aromatic rings. The minimum absolute atomic E-state index is 0.0775. The highest BCUT2D eigenvalue weighted by molar-refractivity contribution is 7.92. The number of halogens is 3. The predicted molar refractivity (Wildman–Crippen MR) is 136 cm³/mol. The number of carbonyl (C=O) groups is 1. The van der Waals surface area contributed by atoms with Crippen molar-refractivity contribution in [1.29, 1.82) is 0 Å². The SMILES string of the molecule is CC(C)c1ccccc1-c1cc(NS(=O)(=O)c2ccnc(N3CCC[C@H](C(=O)O)C3)c2)ncc1C(F)(F)F. The van der Waals surface area contributed by atoms with Crippen LogP contribution in [0.4, 0.5) is 24.8 Å². The maximum absolute atomic E-state index is 13.9. The number of anilines is 2. The lowest BCUT2D eigenvalue weighted by molar-refractivity contribution is -0.142. The molecule has 12 heteroatoms. The molecule has 3 heterocycles. The number of sulfonamides is 1. The monoisotopic (exact) mass is 548 g/mol. The van der Waals surface area contributed by atoms with Crippen molar-refractivity contribution in [2.75, 3.05) is 22.7 Å². The van der Waals surface area contributed by atoms with Gasteiger partial charge in [-0.1, -0.05) is 38.1 Å². The van der Waals surface area contributed by atoms with Crippen molar-refractivity contribution >= 4 is 27.6 Å². The zero-order chi connectivity index (χ0) is 27.7. The fraction of sp³-hybridized carbons (Fsp3) is 0.346. The molecule has 0 saturated carbocycles. The van der Waals surface area contributed by atoms with Crippen molar-refractivity contribution in [3.63, 3.8) is 0 Å². The van der Waals surface area contributed by atoms with Crippen LogP contribution in [0.1, 0.15) is 43.7 Å². The van der Waals surface area contributed by atoms with E-state index < -0.39 is 33.7 Å². The Balaban J connectivity index is 1.69. The van der Waals surface area contributed by atoms with Gasteiger partial charge in [0.1, 0.15) is 11.6 Å². The fourth-order valence-electron chi connectivity index (χ4n) is 4.53. The van der Waals surface area contributed by atoms with E-state index in [0.29, 0.717) is 42.5 Å². The summed E-state index contributed by atoms with van der Waals surface area (Å²) >= 11 is 0. The Kier molecular flexibility index (Phi) is 7.63. The molecule has 0 radical (unpaired) electrons. The van der Waals surface area contributed by atoms with Gasteiger partial charge in [0.05, 0.1) is 16.4 Å². The molecular weight excluding hydrogens is 521 g/mol. The van der Waals surface area contributed by atoms with Gasteiger partial charge in [-0.05, 0) is 47.6 Å². The summed E-state index contributed by atoms with van der Waals surface area (Å²) in [5, 5.41) is 9.34. The molecule has 4 rings (SSSR count). The van der Waals surface area contributed by atoms with Gasteiger partial charge in [0, 0.05) is 31.5 Å². The minimum Gasteiger partial charge on any atom is -0.481 e. The van der Waals surface area contributed by atoms with Gasteiger partial charge in [0.25, 0.3) is 10.0 Å². The van der Waals surface area contributed by atoms with Crippen LogP contribution in [0.25, 0.3) is 11.1 Å². The first kappa shape index (κ1) is 27.4. The molecule has 1 saturated heterocycles. The van der Waals surface area contributed by atoms with Gasteiger partial charge in [0.2, 0.25) is 0 Å². The molecule has 1 atom stereocenters. The summed E-state index contributed by atoms with van der Waals surface area (Å²) in [5.74, 6) is -1.57. The normalized spacial score (nSPS) is 16.5. The van der Waals surface area contributed by atoms with Gasteiger partial charge in [0.15, 0.2) is 0 Å². The lowest BCUT2D eigenvalue weighted by Crippen LogP contribution is -2.39. The van der Waals surface area contributed by atoms with E-state index >= 15 is 0 Å². The van der Waals surface area contributed by atoms with E-state index in [0.717, 1.165) is 6.07 Å².